The second-order valence-corrected chi connectivity index (χ2v) is 4.60. The Bertz CT molecular complexity index is 604. The number of pyridine rings is 1. The summed E-state index contributed by atoms with van der Waals surface area (Å²) in [5, 5.41) is 3.80. The van der Waals surface area contributed by atoms with E-state index in [1.54, 1.807) is 48.7 Å². The molecule has 1 heterocycles. The Labute approximate surface area is 126 Å². The van der Waals surface area contributed by atoms with E-state index in [4.69, 9.17) is 23.8 Å². The number of hydrogen-bond acceptors (Lipinski definition) is 3. The lowest BCUT2D eigenvalue weighted by Gasteiger charge is -2.11. The van der Waals surface area contributed by atoms with Crippen molar-refractivity contribution < 1.29 is 4.79 Å². The Kier molecular flexibility index (Phi) is 4.86. The zero-order valence-corrected chi connectivity index (χ0v) is 11.8. The standard InChI is InChI=1S/C13H11ClN4OS/c14-9-4-6-10(7-5-9)16-13(20)18-17-12(19)11-3-1-2-8-15-11/h1-8H,(H,17,19)(H2,16,18,20). The smallest absolute Gasteiger partial charge is 0.288 e. The van der Waals surface area contributed by atoms with E-state index in [1.165, 1.54) is 0 Å². The van der Waals surface area contributed by atoms with Crippen LogP contribution in [0.4, 0.5) is 5.69 Å². The van der Waals surface area contributed by atoms with Gasteiger partial charge in [0.2, 0.25) is 0 Å². The van der Waals surface area contributed by atoms with Gasteiger partial charge in [0.05, 0.1) is 0 Å². The first-order chi connectivity index (χ1) is 9.65. The van der Waals surface area contributed by atoms with Crippen molar-refractivity contribution in [1.29, 1.82) is 0 Å². The van der Waals surface area contributed by atoms with E-state index in [-0.39, 0.29) is 11.0 Å². The fraction of sp³-hybridized carbons (Fsp3) is 0. The number of nitrogens with one attached hydrogen (secondary N) is 3. The zero-order valence-electron chi connectivity index (χ0n) is 10.3. The summed E-state index contributed by atoms with van der Waals surface area (Å²) in [5.74, 6) is -0.370. The van der Waals surface area contributed by atoms with Gasteiger partial charge in [0.1, 0.15) is 5.69 Å². The van der Waals surface area contributed by atoms with E-state index in [0.717, 1.165) is 5.69 Å². The summed E-state index contributed by atoms with van der Waals surface area (Å²) >= 11 is 10.8. The maximum absolute atomic E-state index is 11.7. The highest BCUT2D eigenvalue weighted by Crippen LogP contribution is 2.12. The molecule has 1 aromatic heterocycles. The molecule has 0 aliphatic rings. The van der Waals surface area contributed by atoms with Crippen molar-refractivity contribution in [3.8, 4) is 0 Å². The number of rotatable bonds is 2. The van der Waals surface area contributed by atoms with Gasteiger partial charge in [0.15, 0.2) is 5.11 Å². The van der Waals surface area contributed by atoms with Crippen LogP contribution in [0.1, 0.15) is 10.5 Å². The number of hydrazine groups is 1. The minimum absolute atomic E-state index is 0.261. The second-order valence-electron chi connectivity index (χ2n) is 3.76. The summed E-state index contributed by atoms with van der Waals surface area (Å²) < 4.78 is 0. The molecule has 102 valence electrons. The molecule has 0 saturated heterocycles. The van der Waals surface area contributed by atoms with Crippen molar-refractivity contribution in [2.75, 3.05) is 5.32 Å². The van der Waals surface area contributed by atoms with Crippen LogP contribution in [0.25, 0.3) is 0 Å². The molecule has 0 radical (unpaired) electrons. The molecule has 20 heavy (non-hydrogen) atoms. The molecule has 0 aliphatic heterocycles. The predicted octanol–water partition coefficient (Wildman–Crippen LogP) is 2.37. The number of carbonyl (C=O) groups excluding carboxylic acids is 1. The summed E-state index contributed by atoms with van der Waals surface area (Å²) in [5.41, 5.74) is 6.10. The molecule has 1 aromatic carbocycles. The van der Waals surface area contributed by atoms with Crippen molar-refractivity contribution in [3.05, 3.63) is 59.4 Å². The summed E-state index contributed by atoms with van der Waals surface area (Å²) in [4.78, 5) is 15.6. The van der Waals surface area contributed by atoms with Crippen molar-refractivity contribution in [1.82, 2.24) is 15.8 Å². The lowest BCUT2D eigenvalue weighted by Crippen LogP contribution is -2.44. The highest BCUT2D eigenvalue weighted by molar-refractivity contribution is 7.80. The van der Waals surface area contributed by atoms with Crippen LogP contribution in [0.15, 0.2) is 48.7 Å². The number of carbonyl (C=O) groups is 1. The van der Waals surface area contributed by atoms with E-state index in [0.29, 0.717) is 10.7 Å². The monoisotopic (exact) mass is 306 g/mol. The first-order valence-corrected chi connectivity index (χ1v) is 6.48. The maximum atomic E-state index is 11.7. The van der Waals surface area contributed by atoms with Gasteiger partial charge >= 0.3 is 0 Å². The molecule has 2 aromatic rings. The van der Waals surface area contributed by atoms with Crippen molar-refractivity contribution in [3.63, 3.8) is 0 Å². The van der Waals surface area contributed by atoms with E-state index >= 15 is 0 Å². The number of nitrogens with zero attached hydrogens (tertiary/aromatic N) is 1. The maximum Gasteiger partial charge on any atom is 0.288 e. The largest absolute Gasteiger partial charge is 0.331 e. The quantitative estimate of drug-likeness (QED) is 0.587. The normalized spacial score (nSPS) is 9.65. The van der Waals surface area contributed by atoms with Crippen LogP contribution in [-0.4, -0.2) is 16.0 Å². The number of halogens is 1. The van der Waals surface area contributed by atoms with Gasteiger partial charge < -0.3 is 5.32 Å². The molecule has 1 amide bonds. The Balaban J connectivity index is 1.83. The average molecular weight is 307 g/mol. The SMILES string of the molecule is O=C(NNC(=S)Nc1ccc(Cl)cc1)c1ccccn1. The molecule has 5 nitrogen and oxygen atoms in total. The third-order valence-corrected chi connectivity index (χ3v) is 2.75. The predicted molar refractivity (Wildman–Crippen MR) is 82.5 cm³/mol. The average Bonchev–Trinajstić information content (AvgIpc) is 2.48. The molecule has 3 N–H and O–H groups in total. The van der Waals surface area contributed by atoms with Gasteiger partial charge in [-0.2, -0.15) is 0 Å². The fourth-order valence-electron chi connectivity index (χ4n) is 1.37. The highest BCUT2D eigenvalue weighted by atomic mass is 35.5. The van der Waals surface area contributed by atoms with Crippen LogP contribution >= 0.6 is 23.8 Å². The minimum atomic E-state index is -0.370. The number of aromatic nitrogens is 1. The molecule has 0 fully saturated rings. The Morgan fingerprint density at radius 3 is 2.50 bits per heavy atom. The summed E-state index contributed by atoms with van der Waals surface area (Å²) in [6.45, 7) is 0. The van der Waals surface area contributed by atoms with Crippen molar-refractivity contribution in [2.24, 2.45) is 0 Å². The van der Waals surface area contributed by atoms with Crippen LogP contribution in [0.5, 0.6) is 0 Å². The van der Waals surface area contributed by atoms with E-state index in [2.05, 4.69) is 21.2 Å². The van der Waals surface area contributed by atoms with Crippen molar-refractivity contribution >= 4 is 40.5 Å². The first-order valence-electron chi connectivity index (χ1n) is 5.69. The number of benzene rings is 1. The first kappa shape index (κ1) is 14.2. The molecule has 2 rings (SSSR count). The van der Waals surface area contributed by atoms with Gasteiger partial charge in [-0.3, -0.25) is 20.6 Å². The second kappa shape index (κ2) is 6.83. The van der Waals surface area contributed by atoms with Crippen molar-refractivity contribution in [2.45, 2.75) is 0 Å². The number of anilines is 1. The molecule has 0 saturated carbocycles. The Morgan fingerprint density at radius 2 is 1.85 bits per heavy atom. The molecule has 7 heteroatoms. The van der Waals surface area contributed by atoms with Gasteiger partial charge in [-0.15, -0.1) is 0 Å². The number of amides is 1. The van der Waals surface area contributed by atoms with Gasteiger partial charge in [-0.1, -0.05) is 17.7 Å². The molecule has 0 unspecified atom stereocenters. The lowest BCUT2D eigenvalue weighted by atomic mass is 10.3. The van der Waals surface area contributed by atoms with Crippen LogP contribution in [0.3, 0.4) is 0 Å². The Morgan fingerprint density at radius 1 is 1.10 bits per heavy atom. The van der Waals surface area contributed by atoms with E-state index < -0.39 is 0 Å². The van der Waals surface area contributed by atoms with E-state index in [9.17, 15) is 4.79 Å². The molecular weight excluding hydrogens is 296 g/mol. The van der Waals surface area contributed by atoms with Gasteiger partial charge in [-0.05, 0) is 48.6 Å². The van der Waals surface area contributed by atoms with Gasteiger partial charge in [0, 0.05) is 16.9 Å². The van der Waals surface area contributed by atoms with Gasteiger partial charge in [-0.25, -0.2) is 0 Å². The fourth-order valence-corrected chi connectivity index (χ4v) is 1.67. The molecule has 0 spiro atoms. The minimum Gasteiger partial charge on any atom is -0.331 e. The molecule has 0 bridgehead atoms. The summed E-state index contributed by atoms with van der Waals surface area (Å²) in [6, 6.07) is 12.1. The van der Waals surface area contributed by atoms with Crippen LogP contribution in [0.2, 0.25) is 5.02 Å². The number of hydrogen-bond donors (Lipinski definition) is 3. The zero-order chi connectivity index (χ0) is 14.4. The lowest BCUT2D eigenvalue weighted by molar-refractivity contribution is 0.0939. The highest BCUT2D eigenvalue weighted by Gasteiger charge is 2.06. The van der Waals surface area contributed by atoms with E-state index in [1.807, 2.05) is 0 Å². The summed E-state index contributed by atoms with van der Waals surface area (Å²) in [7, 11) is 0. The van der Waals surface area contributed by atoms with Crippen LogP contribution < -0.4 is 16.2 Å². The summed E-state index contributed by atoms with van der Waals surface area (Å²) in [6.07, 6.45) is 1.54. The molecule has 0 atom stereocenters. The Hall–Kier alpha value is -2.18. The molecular formula is C13H11ClN4OS. The third-order valence-electron chi connectivity index (χ3n) is 2.29. The van der Waals surface area contributed by atoms with Crippen LogP contribution in [0, 0.1) is 0 Å². The third kappa shape index (κ3) is 4.18. The topological polar surface area (TPSA) is 66.1 Å². The van der Waals surface area contributed by atoms with Crippen LogP contribution in [-0.2, 0) is 0 Å². The number of thiocarbonyl (C=S) groups is 1. The van der Waals surface area contributed by atoms with Gasteiger partial charge in [0.25, 0.3) is 5.91 Å². The molecule has 0 aliphatic carbocycles.